The Balaban J connectivity index is 2.08. The second-order valence-corrected chi connectivity index (χ2v) is 15.3. The summed E-state index contributed by atoms with van der Waals surface area (Å²) in [6.07, 6.45) is 15.7. The molecule has 0 fully saturated rings. The summed E-state index contributed by atoms with van der Waals surface area (Å²) < 4.78 is 7.09. The highest BCUT2D eigenvalue weighted by atomic mass is 31.1. The fourth-order valence-corrected chi connectivity index (χ4v) is 10.8. The molecule has 0 N–H and O–H groups in total. The van der Waals surface area contributed by atoms with Gasteiger partial charge in [-0.25, -0.2) is 0 Å². The van der Waals surface area contributed by atoms with Gasteiger partial charge in [-0.1, -0.05) is 119 Å². The Labute approximate surface area is 213 Å². The van der Waals surface area contributed by atoms with Crippen LogP contribution in [0.2, 0.25) is 0 Å². The Kier molecular flexibility index (Phi) is 10.9. The zero-order valence-corrected chi connectivity index (χ0v) is 24.5. The van der Waals surface area contributed by atoms with Crippen molar-refractivity contribution in [2.75, 3.05) is 24.6 Å². The normalized spacial score (nSPS) is 14.2. The first-order valence-corrected chi connectivity index (χ1v) is 17.4. The van der Waals surface area contributed by atoms with Crippen LogP contribution in [0.3, 0.4) is 0 Å². The largest absolute Gasteiger partial charge is 0.455 e. The first-order valence-electron chi connectivity index (χ1n) is 13.9. The smallest absolute Gasteiger partial charge is 0.139 e. The molecule has 0 saturated heterocycles. The average Bonchev–Trinajstić information content (AvgIpc) is 2.84. The van der Waals surface area contributed by atoms with Crippen LogP contribution >= 0.6 is 15.8 Å². The van der Waals surface area contributed by atoms with Crippen LogP contribution in [0.15, 0.2) is 36.4 Å². The summed E-state index contributed by atoms with van der Waals surface area (Å²) in [6, 6.07) is 14.1. The Bertz CT molecular complexity index is 817. The van der Waals surface area contributed by atoms with Gasteiger partial charge in [0.05, 0.1) is 0 Å². The molecule has 3 rings (SSSR count). The second-order valence-electron chi connectivity index (χ2n) is 10.4. The van der Waals surface area contributed by atoms with Gasteiger partial charge in [0.1, 0.15) is 11.5 Å². The molecule has 188 valence electrons. The molecule has 0 aliphatic carbocycles. The van der Waals surface area contributed by atoms with Crippen molar-refractivity contribution in [2.24, 2.45) is 0 Å². The minimum Gasteiger partial charge on any atom is -0.455 e. The van der Waals surface area contributed by atoms with E-state index in [1.807, 2.05) is 0 Å². The van der Waals surface area contributed by atoms with Crippen molar-refractivity contribution in [3.05, 3.63) is 47.5 Å². The van der Waals surface area contributed by atoms with Crippen LogP contribution in [-0.2, 0) is 5.41 Å². The molecule has 2 aromatic rings. The van der Waals surface area contributed by atoms with E-state index < -0.39 is 0 Å². The maximum Gasteiger partial charge on any atom is 0.139 e. The number of rotatable bonds is 14. The van der Waals surface area contributed by atoms with Crippen molar-refractivity contribution < 1.29 is 4.74 Å². The Morgan fingerprint density at radius 2 is 0.941 bits per heavy atom. The van der Waals surface area contributed by atoms with Gasteiger partial charge in [0.2, 0.25) is 0 Å². The Hall–Kier alpha value is -0.900. The summed E-state index contributed by atoms with van der Waals surface area (Å²) in [7, 11) is -0.353. The van der Waals surface area contributed by atoms with Crippen LogP contribution in [0.25, 0.3) is 0 Å². The molecule has 1 aliphatic heterocycles. The van der Waals surface area contributed by atoms with Gasteiger partial charge in [-0.3, -0.25) is 0 Å². The molecule has 0 saturated carbocycles. The van der Waals surface area contributed by atoms with E-state index in [-0.39, 0.29) is 21.3 Å². The van der Waals surface area contributed by atoms with Gasteiger partial charge < -0.3 is 4.74 Å². The molecule has 0 radical (unpaired) electrons. The highest BCUT2D eigenvalue weighted by molar-refractivity contribution is 7.66. The summed E-state index contributed by atoms with van der Waals surface area (Å²) >= 11 is 0. The monoisotopic (exact) mass is 498 g/mol. The topological polar surface area (TPSA) is 9.23 Å². The summed E-state index contributed by atoms with van der Waals surface area (Å²) in [6.45, 7) is 14.1. The van der Waals surface area contributed by atoms with E-state index in [4.69, 9.17) is 4.74 Å². The lowest BCUT2D eigenvalue weighted by Gasteiger charge is -2.38. The molecule has 0 aromatic heterocycles. The summed E-state index contributed by atoms with van der Waals surface area (Å²) in [5.74, 6) is 2.43. The Morgan fingerprint density at radius 1 is 0.588 bits per heavy atom. The molecular weight excluding hydrogens is 450 g/mol. The summed E-state index contributed by atoms with van der Waals surface area (Å²) in [4.78, 5) is 0. The molecule has 0 spiro atoms. The average molecular weight is 499 g/mol. The van der Waals surface area contributed by atoms with Crippen LogP contribution in [0, 0.1) is 0 Å². The maximum absolute atomic E-state index is 7.09. The quantitative estimate of drug-likeness (QED) is 0.236. The van der Waals surface area contributed by atoms with Crippen molar-refractivity contribution in [2.45, 2.75) is 98.3 Å². The predicted molar refractivity (Wildman–Crippen MR) is 157 cm³/mol. The van der Waals surface area contributed by atoms with E-state index in [0.29, 0.717) is 0 Å². The minimum atomic E-state index is -0.176. The minimum absolute atomic E-state index is 0.0258. The number of hydrogen-bond donors (Lipinski definition) is 0. The third-order valence-corrected chi connectivity index (χ3v) is 12.8. The van der Waals surface area contributed by atoms with Crippen LogP contribution in [0.5, 0.6) is 11.5 Å². The molecule has 34 heavy (non-hydrogen) atoms. The lowest BCUT2D eigenvalue weighted by Crippen LogP contribution is -2.30. The number of ether oxygens (including phenoxy) is 1. The third-order valence-electron chi connectivity index (χ3n) is 7.35. The van der Waals surface area contributed by atoms with Gasteiger partial charge in [0.15, 0.2) is 0 Å². The number of hydrogen-bond acceptors (Lipinski definition) is 1. The van der Waals surface area contributed by atoms with Gasteiger partial charge in [-0.15, -0.1) is 0 Å². The Morgan fingerprint density at radius 3 is 1.26 bits per heavy atom. The van der Waals surface area contributed by atoms with E-state index in [0.717, 1.165) is 0 Å². The van der Waals surface area contributed by atoms with Gasteiger partial charge in [0, 0.05) is 27.2 Å². The van der Waals surface area contributed by atoms with Crippen molar-refractivity contribution in [1.82, 2.24) is 0 Å². The second kappa shape index (κ2) is 13.4. The molecule has 0 atom stereocenters. The highest BCUT2D eigenvalue weighted by Gasteiger charge is 2.38. The summed E-state index contributed by atoms with van der Waals surface area (Å²) in [5.41, 5.74) is 2.75. The van der Waals surface area contributed by atoms with Crippen molar-refractivity contribution in [1.29, 1.82) is 0 Å². The number of unbranched alkanes of at least 4 members (excludes halogenated alkanes) is 4. The van der Waals surface area contributed by atoms with Crippen molar-refractivity contribution in [3.63, 3.8) is 0 Å². The number of fused-ring (bicyclic) bond motifs is 2. The van der Waals surface area contributed by atoms with E-state index in [1.54, 1.807) is 0 Å². The standard InChI is InChI=1S/C31H48OP2/c1-7-11-21-33(22-12-8-2)27-19-15-17-25-29(27)32-30-26(31(25,5)6)18-16-20-28(30)34(23-13-9-3)24-14-10-4/h15-20H,7-14,21-24H2,1-6H3. The molecule has 2 aromatic carbocycles. The van der Waals surface area contributed by atoms with Crippen LogP contribution < -0.4 is 15.3 Å². The van der Waals surface area contributed by atoms with Crippen LogP contribution in [-0.4, -0.2) is 24.6 Å². The van der Waals surface area contributed by atoms with Crippen LogP contribution in [0.4, 0.5) is 0 Å². The molecule has 1 nitrogen and oxygen atoms in total. The first-order chi connectivity index (χ1) is 16.5. The first kappa shape index (κ1) is 27.7. The zero-order chi connectivity index (χ0) is 24.6. The van der Waals surface area contributed by atoms with E-state index in [1.165, 1.54) is 109 Å². The van der Waals surface area contributed by atoms with Gasteiger partial charge in [-0.2, -0.15) is 0 Å². The molecular formula is C31H48OP2. The lowest BCUT2D eigenvalue weighted by molar-refractivity contribution is 0.424. The van der Waals surface area contributed by atoms with Crippen LogP contribution in [0.1, 0.15) is 104 Å². The van der Waals surface area contributed by atoms with Gasteiger partial charge in [-0.05, 0) is 50.3 Å². The van der Waals surface area contributed by atoms with Crippen molar-refractivity contribution in [3.8, 4) is 11.5 Å². The molecule has 3 heteroatoms. The molecule has 1 aliphatic rings. The lowest BCUT2D eigenvalue weighted by atomic mass is 9.76. The fraction of sp³-hybridized carbons (Fsp3) is 0.613. The van der Waals surface area contributed by atoms with Gasteiger partial charge in [0.25, 0.3) is 0 Å². The van der Waals surface area contributed by atoms with E-state index in [2.05, 4.69) is 77.9 Å². The molecule has 0 bridgehead atoms. The van der Waals surface area contributed by atoms with Crippen molar-refractivity contribution >= 4 is 26.5 Å². The maximum atomic E-state index is 7.09. The zero-order valence-electron chi connectivity index (χ0n) is 22.8. The SMILES string of the molecule is CCCCP(CCCC)c1cccc2c1Oc1c(P(CCCC)CCCC)cccc1C2(C)C. The van der Waals surface area contributed by atoms with E-state index in [9.17, 15) is 0 Å². The molecule has 0 unspecified atom stereocenters. The number of para-hydroxylation sites is 2. The molecule has 1 heterocycles. The predicted octanol–water partition coefficient (Wildman–Crippen LogP) is 9.53. The third kappa shape index (κ3) is 6.26. The number of benzene rings is 2. The molecule has 0 amide bonds. The summed E-state index contributed by atoms with van der Waals surface area (Å²) in [5, 5.41) is 3.05. The fourth-order valence-electron chi connectivity index (χ4n) is 5.10. The van der Waals surface area contributed by atoms with Gasteiger partial charge >= 0.3 is 0 Å². The highest BCUT2D eigenvalue weighted by Crippen LogP contribution is 2.53. The van der Waals surface area contributed by atoms with E-state index >= 15 is 0 Å².